The van der Waals surface area contributed by atoms with E-state index < -0.39 is 17.8 Å². The van der Waals surface area contributed by atoms with Crippen molar-refractivity contribution in [2.45, 2.75) is 34.2 Å². The van der Waals surface area contributed by atoms with Crippen molar-refractivity contribution < 1.29 is 18.7 Å². The van der Waals surface area contributed by atoms with Crippen molar-refractivity contribution in [1.29, 1.82) is 0 Å². The number of nitrogens with zero attached hydrogens (tertiary/aromatic N) is 2. The Kier molecular flexibility index (Phi) is 7.38. The first kappa shape index (κ1) is 25.0. The van der Waals surface area contributed by atoms with Crippen LogP contribution < -0.4 is 10.1 Å². The molecule has 1 heterocycles. The van der Waals surface area contributed by atoms with Crippen LogP contribution in [0.25, 0.3) is 10.9 Å². The quantitative estimate of drug-likeness (QED) is 0.322. The van der Waals surface area contributed by atoms with Crippen LogP contribution in [0.15, 0.2) is 66.9 Å². The molecule has 0 aliphatic heterocycles. The average molecular weight is 488 g/mol. The highest BCUT2D eigenvalue weighted by molar-refractivity contribution is 6.10. The SMILES string of the molecule is CCN(CC)C(=O)Oc1ccc2c(ccn2Cc2cc(C)cc(C)c2)c1NC(=O)c1cccc(F)c1. The number of nitrogens with one attached hydrogen (secondary N) is 1. The molecule has 6 nitrogen and oxygen atoms in total. The molecule has 0 aliphatic rings. The summed E-state index contributed by atoms with van der Waals surface area (Å²) in [6.07, 6.45) is 1.44. The lowest BCUT2D eigenvalue weighted by atomic mass is 10.1. The average Bonchev–Trinajstić information content (AvgIpc) is 3.23. The number of carbonyl (C=O) groups is 2. The van der Waals surface area contributed by atoms with Gasteiger partial charge in [0.1, 0.15) is 5.82 Å². The summed E-state index contributed by atoms with van der Waals surface area (Å²) in [5, 5.41) is 3.57. The molecule has 4 rings (SSSR count). The zero-order chi connectivity index (χ0) is 25.8. The zero-order valence-electron chi connectivity index (χ0n) is 21.0. The summed E-state index contributed by atoms with van der Waals surface area (Å²) in [4.78, 5) is 27.3. The van der Waals surface area contributed by atoms with Gasteiger partial charge in [-0.3, -0.25) is 4.79 Å². The van der Waals surface area contributed by atoms with E-state index in [4.69, 9.17) is 4.74 Å². The Morgan fingerprint density at radius 2 is 1.69 bits per heavy atom. The van der Waals surface area contributed by atoms with Gasteiger partial charge in [-0.2, -0.15) is 0 Å². The maximum absolute atomic E-state index is 13.7. The lowest BCUT2D eigenvalue weighted by Crippen LogP contribution is -2.33. The molecule has 186 valence electrons. The standard InChI is InChI=1S/C29H30FN3O3/c1-5-32(6-2)29(35)36-26-11-10-25-24(27(26)31-28(34)22-8-7-9-23(30)17-22)12-13-33(25)18-21-15-19(3)14-20(4)16-21/h7-17H,5-6,18H2,1-4H3,(H,31,34). The second kappa shape index (κ2) is 10.6. The van der Waals surface area contributed by atoms with Crippen molar-refractivity contribution in [1.82, 2.24) is 9.47 Å². The first-order valence-corrected chi connectivity index (χ1v) is 12.0. The van der Waals surface area contributed by atoms with E-state index >= 15 is 0 Å². The number of anilines is 1. The number of aromatic nitrogens is 1. The topological polar surface area (TPSA) is 63.6 Å². The second-order valence-corrected chi connectivity index (χ2v) is 8.82. The van der Waals surface area contributed by atoms with Gasteiger partial charge in [0.15, 0.2) is 5.75 Å². The number of carbonyl (C=O) groups excluding carboxylic acids is 2. The predicted octanol–water partition coefficient (Wildman–Crippen LogP) is 6.54. The Bertz CT molecular complexity index is 1400. The van der Waals surface area contributed by atoms with E-state index in [0.717, 1.165) is 11.1 Å². The fourth-order valence-electron chi connectivity index (χ4n) is 4.42. The lowest BCUT2D eigenvalue weighted by molar-refractivity contribution is 0.102. The number of fused-ring (bicyclic) bond motifs is 1. The molecule has 2 amide bonds. The van der Waals surface area contributed by atoms with Gasteiger partial charge in [0, 0.05) is 36.8 Å². The van der Waals surface area contributed by atoms with E-state index in [1.807, 2.05) is 32.2 Å². The minimum absolute atomic E-state index is 0.169. The third-order valence-corrected chi connectivity index (χ3v) is 6.09. The Morgan fingerprint density at radius 3 is 2.36 bits per heavy atom. The molecule has 0 saturated carbocycles. The summed E-state index contributed by atoms with van der Waals surface area (Å²) < 4.78 is 21.5. The summed E-state index contributed by atoms with van der Waals surface area (Å²) in [7, 11) is 0. The first-order chi connectivity index (χ1) is 17.3. The second-order valence-electron chi connectivity index (χ2n) is 8.82. The zero-order valence-corrected chi connectivity index (χ0v) is 21.0. The molecule has 36 heavy (non-hydrogen) atoms. The van der Waals surface area contributed by atoms with Crippen molar-refractivity contribution in [2.24, 2.45) is 0 Å². The number of aryl methyl sites for hydroxylation is 2. The van der Waals surface area contributed by atoms with Crippen molar-refractivity contribution in [3.63, 3.8) is 0 Å². The Balaban J connectivity index is 1.75. The van der Waals surface area contributed by atoms with Crippen molar-refractivity contribution in [3.05, 3.63) is 94.9 Å². The van der Waals surface area contributed by atoms with Gasteiger partial charge >= 0.3 is 6.09 Å². The molecule has 1 N–H and O–H groups in total. The maximum atomic E-state index is 13.7. The molecule has 0 bridgehead atoms. The number of amides is 2. The van der Waals surface area contributed by atoms with E-state index in [2.05, 4.69) is 41.9 Å². The fourth-order valence-corrected chi connectivity index (χ4v) is 4.42. The van der Waals surface area contributed by atoms with Gasteiger partial charge in [-0.05, 0) is 69.7 Å². The third kappa shape index (κ3) is 5.40. The highest BCUT2D eigenvalue weighted by Crippen LogP contribution is 2.35. The molecule has 0 fully saturated rings. The van der Waals surface area contributed by atoms with Gasteiger partial charge in [0.25, 0.3) is 5.91 Å². The molecule has 0 atom stereocenters. The van der Waals surface area contributed by atoms with Crippen LogP contribution in [0, 0.1) is 19.7 Å². The normalized spacial score (nSPS) is 10.9. The molecular weight excluding hydrogens is 457 g/mol. The number of hydrogen-bond acceptors (Lipinski definition) is 3. The predicted molar refractivity (Wildman–Crippen MR) is 140 cm³/mol. The van der Waals surface area contributed by atoms with Gasteiger partial charge < -0.3 is 19.5 Å². The first-order valence-electron chi connectivity index (χ1n) is 12.0. The highest BCUT2D eigenvalue weighted by atomic mass is 19.1. The molecule has 0 saturated heterocycles. The summed E-state index contributed by atoms with van der Waals surface area (Å²) in [5.74, 6) is -0.772. The molecular formula is C29H30FN3O3. The number of halogens is 1. The molecule has 0 spiro atoms. The third-order valence-electron chi connectivity index (χ3n) is 6.09. The van der Waals surface area contributed by atoms with Crippen molar-refractivity contribution in [3.8, 4) is 5.75 Å². The van der Waals surface area contributed by atoms with E-state index in [9.17, 15) is 14.0 Å². The number of rotatable bonds is 7. The van der Waals surface area contributed by atoms with E-state index in [1.54, 1.807) is 11.0 Å². The summed E-state index contributed by atoms with van der Waals surface area (Å²) in [6.45, 7) is 9.51. The van der Waals surface area contributed by atoms with Crippen LogP contribution in [0.5, 0.6) is 5.75 Å². The van der Waals surface area contributed by atoms with Crippen molar-refractivity contribution >= 4 is 28.6 Å². The highest BCUT2D eigenvalue weighted by Gasteiger charge is 2.20. The van der Waals surface area contributed by atoms with Crippen molar-refractivity contribution in [2.75, 3.05) is 18.4 Å². The maximum Gasteiger partial charge on any atom is 0.415 e. The largest absolute Gasteiger partial charge is 0.415 e. The Morgan fingerprint density at radius 1 is 0.972 bits per heavy atom. The van der Waals surface area contributed by atoms with E-state index in [1.165, 1.54) is 35.4 Å². The summed E-state index contributed by atoms with van der Waals surface area (Å²) in [5.41, 5.74) is 4.94. The fraction of sp³-hybridized carbons (Fsp3) is 0.241. The number of hydrogen-bond donors (Lipinski definition) is 1. The monoisotopic (exact) mass is 487 g/mol. The van der Waals surface area contributed by atoms with Crippen LogP contribution in [0.1, 0.15) is 40.9 Å². The summed E-state index contributed by atoms with van der Waals surface area (Å²) >= 11 is 0. The van der Waals surface area contributed by atoms with Crippen LogP contribution in [-0.2, 0) is 6.54 Å². The molecule has 4 aromatic rings. The van der Waals surface area contributed by atoms with Gasteiger partial charge in [-0.15, -0.1) is 0 Å². The minimum atomic E-state index is -0.506. The molecule has 7 heteroatoms. The van der Waals surface area contributed by atoms with Crippen LogP contribution in [0.4, 0.5) is 14.9 Å². The number of benzene rings is 3. The van der Waals surface area contributed by atoms with Crippen LogP contribution >= 0.6 is 0 Å². The molecule has 0 aliphatic carbocycles. The molecule has 3 aromatic carbocycles. The van der Waals surface area contributed by atoms with Gasteiger partial charge in [-0.1, -0.05) is 35.4 Å². The molecule has 0 unspecified atom stereocenters. The number of ether oxygens (including phenoxy) is 1. The van der Waals surface area contributed by atoms with Crippen LogP contribution in [0.3, 0.4) is 0 Å². The lowest BCUT2D eigenvalue weighted by Gasteiger charge is -2.20. The Labute approximate surface area is 210 Å². The van der Waals surface area contributed by atoms with Crippen LogP contribution in [0.2, 0.25) is 0 Å². The molecule has 0 radical (unpaired) electrons. The Hall–Kier alpha value is -4.13. The van der Waals surface area contributed by atoms with Gasteiger partial charge in [0.2, 0.25) is 0 Å². The van der Waals surface area contributed by atoms with Gasteiger partial charge in [0.05, 0.1) is 11.2 Å². The summed E-state index contributed by atoms with van der Waals surface area (Å²) in [6, 6.07) is 17.3. The van der Waals surface area contributed by atoms with Crippen LogP contribution in [-0.4, -0.2) is 34.6 Å². The smallest absolute Gasteiger partial charge is 0.408 e. The van der Waals surface area contributed by atoms with Gasteiger partial charge in [-0.25, -0.2) is 9.18 Å². The minimum Gasteiger partial charge on any atom is -0.408 e. The van der Waals surface area contributed by atoms with E-state index in [0.29, 0.717) is 30.7 Å². The molecule has 1 aromatic heterocycles. The van der Waals surface area contributed by atoms with E-state index in [-0.39, 0.29) is 11.3 Å².